The molecule has 2 heterocycles. The Kier molecular flexibility index (Phi) is 9.33. The lowest BCUT2D eigenvalue weighted by Crippen LogP contribution is -2.56. The summed E-state index contributed by atoms with van der Waals surface area (Å²) in [5.74, 6) is -1.85. The maximum atomic E-state index is 10.6. The molecule has 0 spiro atoms. The number of piperidine rings is 1. The van der Waals surface area contributed by atoms with Gasteiger partial charge in [-0.3, -0.25) is 4.90 Å². The molecule has 2 fully saturated rings. The van der Waals surface area contributed by atoms with Crippen molar-refractivity contribution in [2.75, 3.05) is 40.0 Å². The number of carbonyl (C=O) groups is 1. The number of ether oxygens (including phenoxy) is 3. The maximum absolute atomic E-state index is 10.6. The van der Waals surface area contributed by atoms with Gasteiger partial charge in [0.2, 0.25) is 0 Å². The van der Waals surface area contributed by atoms with Crippen molar-refractivity contribution < 1.29 is 37.3 Å². The molecule has 0 aliphatic carbocycles. The number of carboxylic acid groups (broad SMARTS) is 1. The van der Waals surface area contributed by atoms with Gasteiger partial charge in [0.05, 0.1) is 26.4 Å². The number of likely N-dealkylation sites (tertiary alicyclic amines) is 1. The lowest BCUT2D eigenvalue weighted by molar-refractivity contribution is -0.192. The van der Waals surface area contributed by atoms with Gasteiger partial charge in [0, 0.05) is 31.7 Å². The highest BCUT2D eigenvalue weighted by atomic mass is 19.4. The summed E-state index contributed by atoms with van der Waals surface area (Å²) in [7, 11) is 1.70. The van der Waals surface area contributed by atoms with E-state index in [-0.39, 0.29) is 5.41 Å². The highest BCUT2D eigenvalue weighted by molar-refractivity contribution is 5.73. The van der Waals surface area contributed by atoms with Crippen LogP contribution in [0.4, 0.5) is 13.2 Å². The first-order valence-electron chi connectivity index (χ1n) is 10.2. The molecule has 2 aliphatic heterocycles. The van der Waals surface area contributed by atoms with Crippen molar-refractivity contribution in [1.82, 2.24) is 4.90 Å². The topological polar surface area (TPSA) is 68.2 Å². The van der Waals surface area contributed by atoms with Gasteiger partial charge < -0.3 is 19.3 Å². The zero-order valence-corrected chi connectivity index (χ0v) is 17.7. The van der Waals surface area contributed by atoms with Crippen LogP contribution in [0.25, 0.3) is 0 Å². The molecular formula is C22H30F3NO5. The number of benzene rings is 1. The number of carboxylic acids is 1. The predicted molar refractivity (Wildman–Crippen MR) is 109 cm³/mol. The third-order valence-corrected chi connectivity index (χ3v) is 5.50. The van der Waals surface area contributed by atoms with Gasteiger partial charge in [0.15, 0.2) is 0 Å². The molecule has 1 aromatic carbocycles. The van der Waals surface area contributed by atoms with E-state index >= 15 is 0 Å². The number of aliphatic carboxylic acids is 1. The van der Waals surface area contributed by atoms with E-state index in [1.807, 2.05) is 18.2 Å². The second kappa shape index (κ2) is 11.5. The molecule has 1 N–H and O–H groups in total. The van der Waals surface area contributed by atoms with Crippen molar-refractivity contribution in [1.29, 1.82) is 0 Å². The second-order valence-electron chi connectivity index (χ2n) is 7.78. The van der Waals surface area contributed by atoms with Crippen LogP contribution in [-0.4, -0.2) is 68.3 Å². The predicted octanol–water partition coefficient (Wildman–Crippen LogP) is 3.90. The van der Waals surface area contributed by atoms with Crippen LogP contribution in [0.15, 0.2) is 36.9 Å². The van der Waals surface area contributed by atoms with Gasteiger partial charge in [-0.1, -0.05) is 18.2 Å². The number of methoxy groups -OCH3 is 1. The van der Waals surface area contributed by atoms with Crippen LogP contribution in [0.3, 0.4) is 0 Å². The Morgan fingerprint density at radius 1 is 1.39 bits per heavy atom. The van der Waals surface area contributed by atoms with E-state index in [1.54, 1.807) is 7.11 Å². The fourth-order valence-corrected chi connectivity index (χ4v) is 4.06. The van der Waals surface area contributed by atoms with Crippen molar-refractivity contribution in [3.63, 3.8) is 0 Å². The maximum Gasteiger partial charge on any atom is 0.490 e. The lowest BCUT2D eigenvalue weighted by Gasteiger charge is -2.50. The molecule has 9 heteroatoms. The Morgan fingerprint density at radius 2 is 2.06 bits per heavy atom. The average molecular weight is 445 g/mol. The Balaban J connectivity index is 0.000000423. The fraction of sp³-hybridized carbons (Fsp3) is 0.591. The second-order valence-corrected chi connectivity index (χ2v) is 7.78. The van der Waals surface area contributed by atoms with E-state index < -0.39 is 12.1 Å². The number of fused-ring (bicyclic) bond motifs is 1. The quantitative estimate of drug-likeness (QED) is 0.507. The Labute approximate surface area is 180 Å². The molecule has 0 saturated carbocycles. The highest BCUT2D eigenvalue weighted by Crippen LogP contribution is 2.40. The molecule has 31 heavy (non-hydrogen) atoms. The van der Waals surface area contributed by atoms with E-state index in [2.05, 4.69) is 23.6 Å². The SMILES string of the molecule is C=CCOCC12CCCOC1CCN(Cc1ccc(OC)cc1)C2.O=C(O)C(F)(F)F. The van der Waals surface area contributed by atoms with Gasteiger partial charge >= 0.3 is 12.1 Å². The first-order chi connectivity index (χ1) is 14.7. The molecule has 2 unspecified atom stereocenters. The van der Waals surface area contributed by atoms with E-state index in [9.17, 15) is 13.2 Å². The van der Waals surface area contributed by atoms with Crippen LogP contribution in [0.1, 0.15) is 24.8 Å². The van der Waals surface area contributed by atoms with Gasteiger partial charge in [0.25, 0.3) is 0 Å². The third kappa shape index (κ3) is 7.52. The minimum Gasteiger partial charge on any atom is -0.497 e. The summed E-state index contributed by atoms with van der Waals surface area (Å²) in [4.78, 5) is 11.4. The monoisotopic (exact) mass is 445 g/mol. The number of halogens is 3. The van der Waals surface area contributed by atoms with Crippen molar-refractivity contribution in [2.24, 2.45) is 5.41 Å². The van der Waals surface area contributed by atoms with E-state index in [4.69, 9.17) is 24.1 Å². The molecule has 1 aromatic rings. The van der Waals surface area contributed by atoms with Crippen LogP contribution in [0.5, 0.6) is 5.75 Å². The Morgan fingerprint density at radius 3 is 2.65 bits per heavy atom. The van der Waals surface area contributed by atoms with Crippen molar-refractivity contribution >= 4 is 5.97 Å². The van der Waals surface area contributed by atoms with Crippen LogP contribution in [-0.2, 0) is 20.8 Å². The summed E-state index contributed by atoms with van der Waals surface area (Å²) in [6.07, 6.45) is 0.488. The number of hydrogen-bond acceptors (Lipinski definition) is 5. The average Bonchev–Trinajstić information content (AvgIpc) is 2.74. The number of hydrogen-bond donors (Lipinski definition) is 1. The summed E-state index contributed by atoms with van der Waals surface area (Å²) in [5.41, 5.74) is 1.46. The molecule has 0 bridgehead atoms. The molecule has 3 rings (SSSR count). The molecule has 0 aromatic heterocycles. The largest absolute Gasteiger partial charge is 0.497 e. The van der Waals surface area contributed by atoms with E-state index in [0.717, 1.165) is 51.4 Å². The van der Waals surface area contributed by atoms with Gasteiger partial charge in [-0.05, 0) is 37.0 Å². The van der Waals surface area contributed by atoms with Gasteiger partial charge in [-0.2, -0.15) is 13.2 Å². The Bertz CT molecular complexity index is 710. The summed E-state index contributed by atoms with van der Waals surface area (Å²) < 4.78 is 48.9. The molecule has 174 valence electrons. The van der Waals surface area contributed by atoms with E-state index in [0.29, 0.717) is 12.7 Å². The lowest BCUT2D eigenvalue weighted by atomic mass is 9.73. The first-order valence-corrected chi connectivity index (χ1v) is 10.2. The van der Waals surface area contributed by atoms with Crippen LogP contribution >= 0.6 is 0 Å². The first kappa shape index (κ1) is 25.2. The standard InChI is InChI=1S/C20H29NO3.C2HF3O2/c1-3-12-23-16-20-10-4-13-24-19(20)9-11-21(15-20)14-17-5-7-18(22-2)8-6-17;3-2(4,5)1(6)7/h3,5-8,19H,1,4,9-16H2,2H3;(H,6,7). The van der Waals surface area contributed by atoms with Crippen LogP contribution in [0.2, 0.25) is 0 Å². The molecule has 6 nitrogen and oxygen atoms in total. The summed E-state index contributed by atoms with van der Waals surface area (Å²) in [6, 6.07) is 8.38. The molecule has 2 saturated heterocycles. The normalized spacial score (nSPS) is 23.8. The van der Waals surface area contributed by atoms with E-state index in [1.165, 1.54) is 12.0 Å². The van der Waals surface area contributed by atoms with Crippen molar-refractivity contribution in [3.05, 3.63) is 42.5 Å². The summed E-state index contributed by atoms with van der Waals surface area (Å²) in [6.45, 7) is 9.13. The van der Waals surface area contributed by atoms with Crippen LogP contribution < -0.4 is 4.74 Å². The number of rotatable bonds is 7. The number of nitrogens with zero attached hydrogens (tertiary/aromatic N) is 1. The summed E-state index contributed by atoms with van der Waals surface area (Å²) in [5, 5.41) is 7.12. The molecule has 2 aliphatic rings. The van der Waals surface area contributed by atoms with Gasteiger partial charge in [-0.15, -0.1) is 6.58 Å². The van der Waals surface area contributed by atoms with Crippen molar-refractivity contribution in [3.8, 4) is 5.75 Å². The fourth-order valence-electron chi connectivity index (χ4n) is 4.06. The smallest absolute Gasteiger partial charge is 0.490 e. The third-order valence-electron chi connectivity index (χ3n) is 5.50. The number of alkyl halides is 3. The van der Waals surface area contributed by atoms with Crippen LogP contribution in [0, 0.1) is 5.41 Å². The zero-order valence-electron chi connectivity index (χ0n) is 17.7. The summed E-state index contributed by atoms with van der Waals surface area (Å²) >= 11 is 0. The minimum absolute atomic E-state index is 0.131. The molecule has 0 radical (unpaired) electrons. The van der Waals surface area contributed by atoms with Crippen molar-refractivity contribution in [2.45, 2.75) is 38.1 Å². The van der Waals surface area contributed by atoms with Gasteiger partial charge in [0.1, 0.15) is 5.75 Å². The zero-order chi connectivity index (χ0) is 22.9. The minimum atomic E-state index is -5.08. The highest BCUT2D eigenvalue weighted by Gasteiger charge is 2.46. The molecule has 0 amide bonds. The molecule has 2 atom stereocenters. The molecular weight excluding hydrogens is 415 g/mol. The Hall–Kier alpha value is -2.10. The van der Waals surface area contributed by atoms with Gasteiger partial charge in [-0.25, -0.2) is 4.79 Å².